The number of anilines is 2. The molecule has 2 saturated carbocycles. The smallest absolute Gasteiger partial charge is 0.220 e. The third-order valence-electron chi connectivity index (χ3n) is 6.91. The third kappa shape index (κ3) is 5.24. The van der Waals surface area contributed by atoms with E-state index >= 15 is 0 Å². The first kappa shape index (κ1) is 21.0. The Balaban J connectivity index is 1.27. The molecule has 0 saturated heterocycles. The van der Waals surface area contributed by atoms with Gasteiger partial charge in [-0.15, -0.1) is 0 Å². The number of para-hydroxylation sites is 1. The fourth-order valence-corrected chi connectivity index (χ4v) is 5.13. The molecule has 1 heterocycles. The Morgan fingerprint density at radius 2 is 1.77 bits per heavy atom. The first-order valence-corrected chi connectivity index (χ1v) is 11.7. The average Bonchev–Trinajstić information content (AvgIpc) is 3.25. The van der Waals surface area contributed by atoms with Crippen LogP contribution in [-0.2, 0) is 4.79 Å². The molecule has 2 aliphatic carbocycles. The topological polar surface area (TPSA) is 57.3 Å². The number of pyridine rings is 1. The van der Waals surface area contributed by atoms with Crippen LogP contribution in [0.4, 0.5) is 11.5 Å². The van der Waals surface area contributed by atoms with Gasteiger partial charge >= 0.3 is 0 Å². The van der Waals surface area contributed by atoms with E-state index in [4.69, 9.17) is 4.98 Å². The minimum Gasteiger partial charge on any atom is -0.377 e. The second-order valence-corrected chi connectivity index (χ2v) is 9.46. The molecule has 0 unspecified atom stereocenters. The summed E-state index contributed by atoms with van der Waals surface area (Å²) in [5.41, 5.74) is 2.23. The van der Waals surface area contributed by atoms with E-state index in [1.165, 1.54) is 36.8 Å². The van der Waals surface area contributed by atoms with Crippen molar-refractivity contribution in [1.29, 1.82) is 0 Å². The maximum Gasteiger partial charge on any atom is 0.220 e. The van der Waals surface area contributed by atoms with E-state index in [2.05, 4.69) is 53.9 Å². The van der Waals surface area contributed by atoms with Gasteiger partial charge in [0.1, 0.15) is 5.82 Å². The Labute approximate surface area is 180 Å². The van der Waals surface area contributed by atoms with Crippen molar-refractivity contribution in [3.63, 3.8) is 0 Å². The molecule has 0 radical (unpaired) electrons. The molecule has 4 rings (SSSR count). The third-order valence-corrected chi connectivity index (χ3v) is 6.91. The monoisotopic (exact) mass is 408 g/mol. The molecule has 1 aromatic carbocycles. The predicted octanol–water partition coefficient (Wildman–Crippen LogP) is 4.97. The SMILES string of the molecule is CN(C)c1cc(N[C@H]2CC[C@@H](CNC(=O)CC3CCCC3)CC2)nc2ccccc12. The van der Waals surface area contributed by atoms with Gasteiger partial charge in [-0.2, -0.15) is 0 Å². The minimum absolute atomic E-state index is 0.263. The fourth-order valence-electron chi connectivity index (χ4n) is 5.13. The van der Waals surface area contributed by atoms with Gasteiger partial charge in [0, 0.05) is 50.2 Å². The van der Waals surface area contributed by atoms with Crippen LogP contribution in [0.2, 0.25) is 0 Å². The number of benzene rings is 1. The molecule has 2 aliphatic rings. The van der Waals surface area contributed by atoms with Crippen molar-refractivity contribution in [1.82, 2.24) is 10.3 Å². The van der Waals surface area contributed by atoms with Crippen LogP contribution in [0.25, 0.3) is 10.9 Å². The van der Waals surface area contributed by atoms with Crippen LogP contribution in [0.5, 0.6) is 0 Å². The molecule has 5 heteroatoms. The molecular formula is C25H36N4O. The molecule has 2 aromatic rings. The lowest BCUT2D eigenvalue weighted by Gasteiger charge is -2.30. The summed E-state index contributed by atoms with van der Waals surface area (Å²) in [5, 5.41) is 8.07. The van der Waals surface area contributed by atoms with E-state index in [0.717, 1.165) is 50.0 Å². The zero-order valence-corrected chi connectivity index (χ0v) is 18.5. The first-order valence-electron chi connectivity index (χ1n) is 11.7. The zero-order valence-electron chi connectivity index (χ0n) is 18.5. The highest BCUT2D eigenvalue weighted by Gasteiger charge is 2.23. The molecule has 5 nitrogen and oxygen atoms in total. The molecule has 0 bridgehead atoms. The Hall–Kier alpha value is -2.30. The summed E-state index contributed by atoms with van der Waals surface area (Å²) in [6.07, 6.45) is 10.4. The molecule has 1 aromatic heterocycles. The Morgan fingerprint density at radius 1 is 1.03 bits per heavy atom. The van der Waals surface area contributed by atoms with Gasteiger partial charge in [0.2, 0.25) is 5.91 Å². The lowest BCUT2D eigenvalue weighted by atomic mass is 9.86. The molecule has 1 amide bonds. The van der Waals surface area contributed by atoms with Crippen LogP contribution in [0.15, 0.2) is 30.3 Å². The zero-order chi connectivity index (χ0) is 20.9. The standard InChI is InChI=1S/C25H36N4O/c1-29(2)23-16-24(28-22-10-6-5-9-21(22)23)27-20-13-11-19(12-14-20)17-26-25(30)15-18-7-3-4-8-18/h5-6,9-10,16,18-20H,3-4,7-8,11-15,17H2,1-2H3,(H,26,30)(H,27,28)/t19-,20+. The van der Waals surface area contributed by atoms with Crippen molar-refractivity contribution in [3.05, 3.63) is 30.3 Å². The highest BCUT2D eigenvalue weighted by molar-refractivity contribution is 5.93. The Kier molecular flexibility index (Phi) is 6.76. The summed E-state index contributed by atoms with van der Waals surface area (Å²) < 4.78 is 0. The first-order chi connectivity index (χ1) is 14.6. The maximum absolute atomic E-state index is 12.2. The van der Waals surface area contributed by atoms with Crippen molar-refractivity contribution in [2.75, 3.05) is 30.9 Å². The van der Waals surface area contributed by atoms with Crippen molar-refractivity contribution < 1.29 is 4.79 Å². The van der Waals surface area contributed by atoms with E-state index in [-0.39, 0.29) is 5.91 Å². The van der Waals surface area contributed by atoms with Crippen molar-refractivity contribution >= 4 is 28.3 Å². The Bertz CT molecular complexity index is 851. The lowest BCUT2D eigenvalue weighted by Crippen LogP contribution is -2.34. The molecule has 0 atom stereocenters. The quantitative estimate of drug-likeness (QED) is 0.679. The molecule has 0 spiro atoms. The molecule has 2 N–H and O–H groups in total. The number of fused-ring (bicyclic) bond motifs is 1. The van der Waals surface area contributed by atoms with Crippen LogP contribution < -0.4 is 15.5 Å². The molecule has 2 fully saturated rings. The Morgan fingerprint density at radius 3 is 2.50 bits per heavy atom. The van der Waals surface area contributed by atoms with Gasteiger partial charge in [0.05, 0.1) is 5.52 Å². The van der Waals surface area contributed by atoms with Crippen molar-refractivity contribution in [2.45, 2.75) is 63.8 Å². The van der Waals surface area contributed by atoms with E-state index in [9.17, 15) is 4.79 Å². The molecule has 30 heavy (non-hydrogen) atoms. The van der Waals surface area contributed by atoms with Crippen molar-refractivity contribution in [3.8, 4) is 0 Å². The summed E-state index contributed by atoms with van der Waals surface area (Å²) in [6, 6.07) is 11.0. The van der Waals surface area contributed by atoms with Gasteiger partial charge in [-0.1, -0.05) is 31.0 Å². The van der Waals surface area contributed by atoms with Gasteiger partial charge in [0.25, 0.3) is 0 Å². The second-order valence-electron chi connectivity index (χ2n) is 9.46. The van der Waals surface area contributed by atoms with E-state index < -0.39 is 0 Å². The van der Waals surface area contributed by atoms with Gasteiger partial charge in [0.15, 0.2) is 0 Å². The molecule has 162 valence electrons. The number of rotatable bonds is 7. The van der Waals surface area contributed by atoms with Gasteiger partial charge in [-0.3, -0.25) is 4.79 Å². The average molecular weight is 409 g/mol. The number of nitrogens with zero attached hydrogens (tertiary/aromatic N) is 2. The largest absolute Gasteiger partial charge is 0.377 e. The normalized spacial score (nSPS) is 22.2. The summed E-state index contributed by atoms with van der Waals surface area (Å²) >= 11 is 0. The summed E-state index contributed by atoms with van der Waals surface area (Å²) in [4.78, 5) is 19.2. The van der Waals surface area contributed by atoms with Gasteiger partial charge in [-0.25, -0.2) is 4.98 Å². The van der Waals surface area contributed by atoms with Crippen LogP contribution in [0.1, 0.15) is 57.8 Å². The number of carbonyl (C=O) groups is 1. The number of carbonyl (C=O) groups excluding carboxylic acids is 1. The minimum atomic E-state index is 0.263. The number of hydrogen-bond acceptors (Lipinski definition) is 4. The second kappa shape index (κ2) is 9.67. The van der Waals surface area contributed by atoms with E-state index in [1.807, 2.05) is 6.07 Å². The van der Waals surface area contributed by atoms with Crippen LogP contribution in [-0.4, -0.2) is 37.6 Å². The van der Waals surface area contributed by atoms with Gasteiger partial charge < -0.3 is 15.5 Å². The highest BCUT2D eigenvalue weighted by Crippen LogP contribution is 2.31. The molecule has 0 aliphatic heterocycles. The van der Waals surface area contributed by atoms with E-state index in [1.54, 1.807) is 0 Å². The van der Waals surface area contributed by atoms with Crippen LogP contribution >= 0.6 is 0 Å². The lowest BCUT2D eigenvalue weighted by molar-refractivity contribution is -0.122. The summed E-state index contributed by atoms with van der Waals surface area (Å²) in [7, 11) is 4.16. The van der Waals surface area contributed by atoms with Crippen LogP contribution in [0, 0.1) is 11.8 Å². The number of hydrogen-bond donors (Lipinski definition) is 2. The summed E-state index contributed by atoms with van der Waals surface area (Å²) in [5.74, 6) is 2.47. The summed E-state index contributed by atoms with van der Waals surface area (Å²) in [6.45, 7) is 0.845. The predicted molar refractivity (Wildman–Crippen MR) is 125 cm³/mol. The highest BCUT2D eigenvalue weighted by atomic mass is 16.1. The number of aromatic nitrogens is 1. The van der Waals surface area contributed by atoms with Crippen molar-refractivity contribution in [2.24, 2.45) is 11.8 Å². The fraction of sp³-hybridized carbons (Fsp3) is 0.600. The number of nitrogens with one attached hydrogen (secondary N) is 2. The molecular weight excluding hydrogens is 372 g/mol. The van der Waals surface area contributed by atoms with Gasteiger partial charge in [-0.05, 0) is 56.4 Å². The van der Waals surface area contributed by atoms with E-state index in [0.29, 0.717) is 17.9 Å². The van der Waals surface area contributed by atoms with Crippen LogP contribution in [0.3, 0.4) is 0 Å². The number of amides is 1. The maximum atomic E-state index is 12.2.